The monoisotopic (exact) mass is 333 g/mol. The number of hydrogen-bond acceptors (Lipinski definition) is 3. The zero-order valence-corrected chi connectivity index (χ0v) is 15.5. The van der Waals surface area contributed by atoms with Gasteiger partial charge in [0.25, 0.3) is 0 Å². The van der Waals surface area contributed by atoms with E-state index in [4.69, 9.17) is 10.00 Å². The first-order valence-electron chi connectivity index (χ1n) is 10.3. The van der Waals surface area contributed by atoms with Gasteiger partial charge in [-0.3, -0.25) is 4.79 Å². The standard InChI is InChI=1S/C21H35NO2/c1-2-3-4-6-17-8-12-19(13-9-17)21(23)24-20-14-10-18(11-15-20)7-5-16-22/h17-20H,2-15H2,1H3/t17-,18-,19-,20-. The van der Waals surface area contributed by atoms with Crippen LogP contribution in [0.2, 0.25) is 0 Å². The molecule has 0 saturated heterocycles. The van der Waals surface area contributed by atoms with Crippen LogP contribution in [0.3, 0.4) is 0 Å². The number of carbonyl (C=O) groups excluding carboxylic acids is 1. The number of nitrogens with zero attached hydrogens (tertiary/aromatic N) is 1. The minimum atomic E-state index is 0.0717. The molecule has 3 heteroatoms. The van der Waals surface area contributed by atoms with E-state index >= 15 is 0 Å². The van der Waals surface area contributed by atoms with E-state index < -0.39 is 0 Å². The molecule has 0 spiro atoms. The fraction of sp³-hybridized carbons (Fsp3) is 0.905. The summed E-state index contributed by atoms with van der Waals surface area (Å²) in [5.74, 6) is 1.74. The van der Waals surface area contributed by atoms with Gasteiger partial charge in [0, 0.05) is 6.42 Å². The number of rotatable bonds is 8. The van der Waals surface area contributed by atoms with Crippen molar-refractivity contribution < 1.29 is 9.53 Å². The average molecular weight is 334 g/mol. The summed E-state index contributed by atoms with van der Waals surface area (Å²) in [6.45, 7) is 2.25. The highest BCUT2D eigenvalue weighted by molar-refractivity contribution is 5.72. The Morgan fingerprint density at radius 3 is 2.21 bits per heavy atom. The molecular formula is C21H35NO2. The molecule has 0 unspecified atom stereocenters. The van der Waals surface area contributed by atoms with Crippen LogP contribution in [0.15, 0.2) is 0 Å². The first-order chi connectivity index (χ1) is 11.7. The summed E-state index contributed by atoms with van der Waals surface area (Å²) in [7, 11) is 0. The molecule has 0 bridgehead atoms. The molecule has 0 aliphatic heterocycles. The molecule has 136 valence electrons. The first kappa shape index (κ1) is 19.3. The maximum atomic E-state index is 12.4. The molecule has 0 heterocycles. The van der Waals surface area contributed by atoms with Gasteiger partial charge in [-0.25, -0.2) is 0 Å². The first-order valence-corrected chi connectivity index (χ1v) is 10.3. The molecule has 24 heavy (non-hydrogen) atoms. The van der Waals surface area contributed by atoms with E-state index in [-0.39, 0.29) is 18.0 Å². The largest absolute Gasteiger partial charge is 0.462 e. The van der Waals surface area contributed by atoms with E-state index in [9.17, 15) is 4.79 Å². The van der Waals surface area contributed by atoms with Crippen LogP contribution >= 0.6 is 0 Å². The van der Waals surface area contributed by atoms with Gasteiger partial charge in [-0.05, 0) is 69.6 Å². The number of unbranched alkanes of at least 4 members (excludes halogenated alkanes) is 2. The van der Waals surface area contributed by atoms with E-state index in [1.807, 2.05) is 0 Å². The topological polar surface area (TPSA) is 50.1 Å². The van der Waals surface area contributed by atoms with Gasteiger partial charge >= 0.3 is 5.97 Å². The number of carbonyl (C=O) groups is 1. The molecule has 0 amide bonds. The summed E-state index contributed by atoms with van der Waals surface area (Å²) in [5, 5.41) is 8.67. The van der Waals surface area contributed by atoms with Crippen molar-refractivity contribution in [1.82, 2.24) is 0 Å². The fourth-order valence-electron chi connectivity index (χ4n) is 4.44. The van der Waals surface area contributed by atoms with Crippen molar-refractivity contribution in [1.29, 1.82) is 5.26 Å². The summed E-state index contributed by atoms with van der Waals surface area (Å²) >= 11 is 0. The molecule has 2 aliphatic carbocycles. The molecule has 0 aromatic carbocycles. The van der Waals surface area contributed by atoms with Crippen LogP contribution in [0.5, 0.6) is 0 Å². The summed E-state index contributed by atoms with van der Waals surface area (Å²) < 4.78 is 5.81. The Morgan fingerprint density at radius 2 is 1.58 bits per heavy atom. The number of ether oxygens (including phenoxy) is 1. The molecule has 0 aromatic rings. The van der Waals surface area contributed by atoms with Crippen LogP contribution in [0.1, 0.15) is 96.8 Å². The highest BCUT2D eigenvalue weighted by Crippen LogP contribution is 2.34. The van der Waals surface area contributed by atoms with Crippen molar-refractivity contribution >= 4 is 5.97 Å². The second-order valence-corrected chi connectivity index (χ2v) is 7.99. The highest BCUT2D eigenvalue weighted by Gasteiger charge is 2.30. The zero-order valence-electron chi connectivity index (χ0n) is 15.5. The van der Waals surface area contributed by atoms with Crippen molar-refractivity contribution in [2.24, 2.45) is 17.8 Å². The highest BCUT2D eigenvalue weighted by atomic mass is 16.5. The van der Waals surface area contributed by atoms with Crippen LogP contribution in [-0.2, 0) is 9.53 Å². The van der Waals surface area contributed by atoms with E-state index in [1.165, 1.54) is 38.5 Å². The Kier molecular flexibility index (Phi) is 8.64. The Bertz CT molecular complexity index is 399. The smallest absolute Gasteiger partial charge is 0.309 e. The number of nitriles is 1. The predicted octanol–water partition coefficient (Wildman–Crippen LogP) is 5.78. The van der Waals surface area contributed by atoms with Gasteiger partial charge < -0.3 is 4.74 Å². The van der Waals surface area contributed by atoms with Crippen molar-refractivity contribution in [3.05, 3.63) is 0 Å². The van der Waals surface area contributed by atoms with Crippen molar-refractivity contribution in [3.8, 4) is 6.07 Å². The van der Waals surface area contributed by atoms with Crippen LogP contribution in [0, 0.1) is 29.1 Å². The van der Waals surface area contributed by atoms with E-state index in [1.54, 1.807) is 0 Å². The number of esters is 1. The maximum Gasteiger partial charge on any atom is 0.309 e. The van der Waals surface area contributed by atoms with Gasteiger partial charge in [-0.1, -0.05) is 32.6 Å². The van der Waals surface area contributed by atoms with Gasteiger partial charge in [0.2, 0.25) is 0 Å². The lowest BCUT2D eigenvalue weighted by Crippen LogP contribution is -2.30. The van der Waals surface area contributed by atoms with Gasteiger partial charge in [0.05, 0.1) is 12.0 Å². The molecule has 2 saturated carbocycles. The predicted molar refractivity (Wildman–Crippen MR) is 96.3 cm³/mol. The molecule has 3 nitrogen and oxygen atoms in total. The molecular weight excluding hydrogens is 298 g/mol. The second-order valence-electron chi connectivity index (χ2n) is 7.99. The summed E-state index contributed by atoms with van der Waals surface area (Å²) in [5.41, 5.74) is 0. The Hall–Kier alpha value is -1.04. The zero-order chi connectivity index (χ0) is 17.2. The van der Waals surface area contributed by atoms with Gasteiger partial charge in [0.15, 0.2) is 0 Å². The maximum absolute atomic E-state index is 12.4. The fourth-order valence-corrected chi connectivity index (χ4v) is 4.44. The summed E-state index contributed by atoms with van der Waals surface area (Å²) in [6, 6.07) is 2.24. The van der Waals surface area contributed by atoms with E-state index in [2.05, 4.69) is 13.0 Å². The summed E-state index contributed by atoms with van der Waals surface area (Å²) in [6.07, 6.45) is 15.9. The quantitative estimate of drug-likeness (QED) is 0.418. The normalized spacial score (nSPS) is 30.5. The second kappa shape index (κ2) is 10.7. The van der Waals surface area contributed by atoms with Crippen molar-refractivity contribution in [2.75, 3.05) is 0 Å². The molecule has 2 aliphatic rings. The SMILES string of the molecule is CCCCC[C@H]1CC[C@H](C(=O)O[C@H]2CC[C@H](CCC#N)CC2)CC1. The van der Waals surface area contributed by atoms with Crippen LogP contribution in [-0.4, -0.2) is 12.1 Å². The third kappa shape index (κ3) is 6.46. The third-order valence-corrected chi connectivity index (χ3v) is 6.14. The van der Waals surface area contributed by atoms with E-state index in [0.717, 1.165) is 50.9 Å². The van der Waals surface area contributed by atoms with E-state index in [0.29, 0.717) is 12.3 Å². The molecule has 2 fully saturated rings. The summed E-state index contributed by atoms with van der Waals surface area (Å²) in [4.78, 5) is 12.4. The van der Waals surface area contributed by atoms with Crippen LogP contribution < -0.4 is 0 Å². The Balaban J connectivity index is 1.61. The molecule has 0 atom stereocenters. The molecule has 0 N–H and O–H groups in total. The van der Waals surface area contributed by atoms with Gasteiger partial charge in [-0.2, -0.15) is 5.26 Å². The van der Waals surface area contributed by atoms with Crippen LogP contribution in [0.25, 0.3) is 0 Å². The van der Waals surface area contributed by atoms with Crippen LogP contribution in [0.4, 0.5) is 0 Å². The Morgan fingerprint density at radius 1 is 0.958 bits per heavy atom. The number of hydrogen-bond donors (Lipinski definition) is 0. The average Bonchev–Trinajstić information content (AvgIpc) is 2.62. The molecule has 0 radical (unpaired) electrons. The molecule has 0 aromatic heterocycles. The minimum absolute atomic E-state index is 0.0717. The lowest BCUT2D eigenvalue weighted by atomic mass is 9.79. The lowest BCUT2D eigenvalue weighted by molar-refractivity contribution is -0.157. The lowest BCUT2D eigenvalue weighted by Gasteiger charge is -2.31. The molecule has 2 rings (SSSR count). The van der Waals surface area contributed by atoms with Gasteiger partial charge in [-0.15, -0.1) is 0 Å². The van der Waals surface area contributed by atoms with Crippen molar-refractivity contribution in [2.45, 2.75) is 103 Å². The van der Waals surface area contributed by atoms with Crippen molar-refractivity contribution in [3.63, 3.8) is 0 Å². The van der Waals surface area contributed by atoms with Gasteiger partial charge in [0.1, 0.15) is 6.10 Å². The Labute approximate surface area is 148 Å². The minimum Gasteiger partial charge on any atom is -0.462 e. The third-order valence-electron chi connectivity index (χ3n) is 6.14.